The maximum Gasteiger partial charge on any atom is 0.124 e. The van der Waals surface area contributed by atoms with E-state index in [9.17, 15) is 0 Å². The van der Waals surface area contributed by atoms with Gasteiger partial charge in [-0.1, -0.05) is 46.3 Å². The van der Waals surface area contributed by atoms with Gasteiger partial charge in [0, 0.05) is 10.5 Å². The van der Waals surface area contributed by atoms with E-state index in [1.807, 2.05) is 25.1 Å². The fraction of sp³-hybridized carbons (Fsp3) is 0.333. The Morgan fingerprint density at radius 1 is 1.24 bits per heavy atom. The van der Waals surface area contributed by atoms with Gasteiger partial charge in [-0.25, -0.2) is 0 Å². The molecule has 0 bridgehead atoms. The van der Waals surface area contributed by atoms with Crippen molar-refractivity contribution in [1.82, 2.24) is 0 Å². The van der Waals surface area contributed by atoms with E-state index in [4.69, 9.17) is 10.5 Å². The van der Waals surface area contributed by atoms with Gasteiger partial charge in [0.25, 0.3) is 0 Å². The molecule has 0 saturated carbocycles. The van der Waals surface area contributed by atoms with Crippen molar-refractivity contribution in [2.75, 3.05) is 0 Å². The topological polar surface area (TPSA) is 35.2 Å². The number of hydrogen-bond donors (Lipinski definition) is 1. The summed E-state index contributed by atoms with van der Waals surface area (Å²) in [5.41, 5.74) is 9.79. The molecule has 0 aliphatic heterocycles. The van der Waals surface area contributed by atoms with E-state index in [0.717, 1.165) is 28.6 Å². The smallest absolute Gasteiger partial charge is 0.124 e. The largest absolute Gasteiger partial charge is 0.486 e. The van der Waals surface area contributed by atoms with E-state index >= 15 is 0 Å². The van der Waals surface area contributed by atoms with Crippen LogP contribution in [0.1, 0.15) is 48.6 Å². The van der Waals surface area contributed by atoms with Crippen molar-refractivity contribution in [2.24, 2.45) is 5.73 Å². The van der Waals surface area contributed by atoms with Gasteiger partial charge in [0.1, 0.15) is 11.9 Å². The van der Waals surface area contributed by atoms with E-state index in [0.29, 0.717) is 0 Å². The number of aryl methyl sites for hydroxylation is 1. The lowest BCUT2D eigenvalue weighted by Gasteiger charge is -2.26. The summed E-state index contributed by atoms with van der Waals surface area (Å²) in [6.07, 6.45) is 3.57. The Morgan fingerprint density at radius 2 is 2.05 bits per heavy atom. The van der Waals surface area contributed by atoms with Crippen molar-refractivity contribution < 1.29 is 4.74 Å². The van der Waals surface area contributed by atoms with Crippen molar-refractivity contribution in [1.29, 1.82) is 0 Å². The van der Waals surface area contributed by atoms with E-state index in [1.54, 1.807) is 0 Å². The molecule has 2 atom stereocenters. The van der Waals surface area contributed by atoms with Crippen LogP contribution in [0.2, 0.25) is 0 Å². The summed E-state index contributed by atoms with van der Waals surface area (Å²) in [6, 6.07) is 14.7. The Kier molecular flexibility index (Phi) is 4.32. The summed E-state index contributed by atoms with van der Waals surface area (Å²) in [4.78, 5) is 0. The van der Waals surface area contributed by atoms with Crippen molar-refractivity contribution >= 4 is 15.9 Å². The van der Waals surface area contributed by atoms with Crippen molar-refractivity contribution in [3.8, 4) is 5.75 Å². The van der Waals surface area contributed by atoms with Gasteiger partial charge in [0.05, 0.1) is 0 Å². The molecule has 0 fully saturated rings. The summed E-state index contributed by atoms with van der Waals surface area (Å²) in [5, 5.41) is 0. The second-order valence-corrected chi connectivity index (χ2v) is 6.52. The molecule has 0 heterocycles. The van der Waals surface area contributed by atoms with Gasteiger partial charge in [-0.05, 0) is 55.0 Å². The SMILES string of the molecule is C[C@H](N)c1ccc(OC2CCCc3ccccc32)cc1Br. The molecule has 0 aromatic heterocycles. The summed E-state index contributed by atoms with van der Waals surface area (Å²) >= 11 is 3.58. The highest BCUT2D eigenvalue weighted by Gasteiger charge is 2.21. The molecular weight excluding hydrogens is 326 g/mol. The number of halogens is 1. The second kappa shape index (κ2) is 6.20. The van der Waals surface area contributed by atoms with Crippen LogP contribution < -0.4 is 10.5 Å². The van der Waals surface area contributed by atoms with Crippen molar-refractivity contribution in [3.05, 3.63) is 63.6 Å². The Bertz CT molecular complexity index is 639. The third-order valence-electron chi connectivity index (χ3n) is 4.06. The van der Waals surface area contributed by atoms with E-state index in [-0.39, 0.29) is 12.1 Å². The highest BCUT2D eigenvalue weighted by atomic mass is 79.9. The van der Waals surface area contributed by atoms with Gasteiger partial charge >= 0.3 is 0 Å². The van der Waals surface area contributed by atoms with Crippen LogP contribution in [0.25, 0.3) is 0 Å². The first kappa shape index (κ1) is 14.6. The zero-order chi connectivity index (χ0) is 14.8. The average Bonchev–Trinajstić information content (AvgIpc) is 2.47. The van der Waals surface area contributed by atoms with Gasteiger partial charge in [-0.2, -0.15) is 0 Å². The monoisotopic (exact) mass is 345 g/mol. The summed E-state index contributed by atoms with van der Waals surface area (Å²) < 4.78 is 7.24. The quantitative estimate of drug-likeness (QED) is 0.856. The molecule has 2 aromatic rings. The van der Waals surface area contributed by atoms with Gasteiger partial charge in [0.15, 0.2) is 0 Å². The summed E-state index contributed by atoms with van der Waals surface area (Å²) in [7, 11) is 0. The van der Waals surface area contributed by atoms with Crippen LogP contribution in [0.4, 0.5) is 0 Å². The molecule has 0 radical (unpaired) electrons. The lowest BCUT2D eigenvalue weighted by molar-refractivity contribution is 0.183. The molecule has 0 spiro atoms. The summed E-state index contributed by atoms with van der Waals surface area (Å²) in [5.74, 6) is 0.896. The Balaban J connectivity index is 1.83. The molecule has 2 nitrogen and oxygen atoms in total. The molecule has 1 aliphatic carbocycles. The molecule has 0 amide bonds. The van der Waals surface area contributed by atoms with Crippen molar-refractivity contribution in [3.63, 3.8) is 0 Å². The standard InChI is InChI=1S/C18H20BrNO/c1-12(20)15-10-9-14(11-17(15)19)21-18-8-4-6-13-5-2-3-7-16(13)18/h2-3,5,7,9-12,18H,4,6,8,20H2,1H3/t12-,18?/m0/s1. The fourth-order valence-corrected chi connectivity index (χ4v) is 3.67. The lowest BCUT2D eigenvalue weighted by atomic mass is 9.89. The number of ether oxygens (including phenoxy) is 1. The molecule has 110 valence electrons. The van der Waals surface area contributed by atoms with Crippen LogP contribution in [-0.4, -0.2) is 0 Å². The van der Waals surface area contributed by atoms with E-state index in [1.165, 1.54) is 17.5 Å². The minimum atomic E-state index is 0.0174. The average molecular weight is 346 g/mol. The van der Waals surface area contributed by atoms with E-state index in [2.05, 4.69) is 40.2 Å². The Labute approximate surface area is 134 Å². The number of nitrogens with two attached hydrogens (primary N) is 1. The van der Waals surface area contributed by atoms with Crippen LogP contribution in [0.15, 0.2) is 46.9 Å². The molecule has 2 N–H and O–H groups in total. The van der Waals surface area contributed by atoms with Crippen LogP contribution in [0.3, 0.4) is 0 Å². The zero-order valence-electron chi connectivity index (χ0n) is 12.2. The molecule has 1 unspecified atom stereocenters. The molecule has 3 rings (SSSR count). The first-order chi connectivity index (χ1) is 10.1. The first-order valence-corrected chi connectivity index (χ1v) is 8.24. The van der Waals surface area contributed by atoms with E-state index < -0.39 is 0 Å². The molecule has 21 heavy (non-hydrogen) atoms. The van der Waals surface area contributed by atoms with Crippen molar-refractivity contribution in [2.45, 2.75) is 38.3 Å². The lowest BCUT2D eigenvalue weighted by Crippen LogP contribution is -2.15. The zero-order valence-corrected chi connectivity index (χ0v) is 13.8. The summed E-state index contributed by atoms with van der Waals surface area (Å²) in [6.45, 7) is 1.98. The molecule has 1 aliphatic rings. The number of rotatable bonds is 3. The van der Waals surface area contributed by atoms with Gasteiger partial charge < -0.3 is 10.5 Å². The third-order valence-corrected chi connectivity index (χ3v) is 4.74. The fourth-order valence-electron chi connectivity index (χ4n) is 2.95. The van der Waals surface area contributed by atoms with Crippen LogP contribution in [-0.2, 0) is 6.42 Å². The predicted molar refractivity (Wildman–Crippen MR) is 89.5 cm³/mol. The van der Waals surface area contributed by atoms with Crippen LogP contribution >= 0.6 is 15.9 Å². The minimum absolute atomic E-state index is 0.0174. The van der Waals surface area contributed by atoms with Gasteiger partial charge in [0.2, 0.25) is 0 Å². The van der Waals surface area contributed by atoms with Crippen LogP contribution in [0.5, 0.6) is 5.75 Å². The second-order valence-electron chi connectivity index (χ2n) is 5.67. The molecule has 0 saturated heterocycles. The normalized spacial score (nSPS) is 18.9. The first-order valence-electron chi connectivity index (χ1n) is 7.44. The maximum atomic E-state index is 6.23. The number of fused-ring (bicyclic) bond motifs is 1. The molecule has 3 heteroatoms. The Hall–Kier alpha value is -1.32. The third kappa shape index (κ3) is 3.14. The van der Waals surface area contributed by atoms with Gasteiger partial charge in [-0.3, -0.25) is 0 Å². The number of benzene rings is 2. The predicted octanol–water partition coefficient (Wildman–Crippen LogP) is 4.93. The number of hydrogen-bond acceptors (Lipinski definition) is 2. The van der Waals surface area contributed by atoms with Crippen LogP contribution in [0, 0.1) is 0 Å². The molecular formula is C18H20BrNO. The highest BCUT2D eigenvalue weighted by Crippen LogP contribution is 2.35. The highest BCUT2D eigenvalue weighted by molar-refractivity contribution is 9.10. The minimum Gasteiger partial charge on any atom is -0.486 e. The van der Waals surface area contributed by atoms with Gasteiger partial charge in [-0.15, -0.1) is 0 Å². The molecule has 2 aromatic carbocycles. The maximum absolute atomic E-state index is 6.23. The Morgan fingerprint density at radius 3 is 2.81 bits per heavy atom.